The summed E-state index contributed by atoms with van der Waals surface area (Å²) in [7, 11) is 0. The average Bonchev–Trinajstić information content (AvgIpc) is 2.90. The quantitative estimate of drug-likeness (QED) is 0.472. The summed E-state index contributed by atoms with van der Waals surface area (Å²) in [6.45, 7) is 2.28. The molecule has 5 N–H and O–H groups in total. The van der Waals surface area contributed by atoms with Crippen LogP contribution in [0, 0.1) is 0 Å². The smallest absolute Gasteiger partial charge is 0.166 e. The van der Waals surface area contributed by atoms with Crippen molar-refractivity contribution in [3.8, 4) is 0 Å². The standard InChI is InChI=1S/C13H19N5S/c14-5-1-2-6-17-13(19)18-9-10-3-7-15-12-11(10)4-8-16-12/h3-4,7-8H,1-2,5-6,9,14H2,(H,15,16)(H2,17,18,19). The molecule has 6 heteroatoms. The number of nitrogens with zero attached hydrogens (tertiary/aromatic N) is 1. The number of pyridine rings is 1. The number of nitrogens with one attached hydrogen (secondary N) is 3. The van der Waals surface area contributed by atoms with E-state index in [-0.39, 0.29) is 0 Å². The SMILES string of the molecule is NCCCCNC(=S)NCc1ccnc2[nH]ccc12. The molecule has 5 nitrogen and oxygen atoms in total. The number of nitrogens with two attached hydrogens (primary N) is 1. The molecular weight excluding hydrogens is 258 g/mol. The highest BCUT2D eigenvalue weighted by Crippen LogP contribution is 2.14. The maximum atomic E-state index is 5.44. The lowest BCUT2D eigenvalue weighted by Crippen LogP contribution is -2.35. The number of aromatic amines is 1. The fraction of sp³-hybridized carbons (Fsp3) is 0.385. The number of unbranched alkanes of at least 4 members (excludes halogenated alkanes) is 1. The number of aromatic nitrogens is 2. The molecule has 0 aromatic carbocycles. The van der Waals surface area contributed by atoms with Gasteiger partial charge >= 0.3 is 0 Å². The molecule has 0 amide bonds. The Kier molecular flexibility index (Phi) is 5.11. The molecule has 2 rings (SSSR count). The summed E-state index contributed by atoms with van der Waals surface area (Å²) >= 11 is 5.23. The Morgan fingerprint density at radius 3 is 3.05 bits per heavy atom. The zero-order valence-electron chi connectivity index (χ0n) is 10.8. The maximum absolute atomic E-state index is 5.44. The van der Waals surface area contributed by atoms with Gasteiger partial charge in [0, 0.05) is 30.9 Å². The van der Waals surface area contributed by atoms with Gasteiger partial charge in [-0.25, -0.2) is 4.98 Å². The van der Waals surface area contributed by atoms with Gasteiger partial charge in [-0.05, 0) is 49.3 Å². The molecule has 19 heavy (non-hydrogen) atoms. The molecule has 0 saturated heterocycles. The summed E-state index contributed by atoms with van der Waals surface area (Å²) < 4.78 is 0. The van der Waals surface area contributed by atoms with Crippen LogP contribution in [-0.2, 0) is 6.54 Å². The fourth-order valence-corrected chi connectivity index (χ4v) is 2.06. The average molecular weight is 277 g/mol. The van der Waals surface area contributed by atoms with Crippen LogP contribution in [0.2, 0.25) is 0 Å². The highest BCUT2D eigenvalue weighted by Gasteiger charge is 2.03. The molecule has 0 atom stereocenters. The van der Waals surface area contributed by atoms with Crippen molar-refractivity contribution >= 4 is 28.4 Å². The molecule has 0 aliphatic rings. The molecule has 0 bridgehead atoms. The van der Waals surface area contributed by atoms with Crippen LogP contribution in [-0.4, -0.2) is 28.2 Å². The van der Waals surface area contributed by atoms with Crippen molar-refractivity contribution in [1.82, 2.24) is 20.6 Å². The first kappa shape index (κ1) is 13.8. The van der Waals surface area contributed by atoms with E-state index in [4.69, 9.17) is 18.0 Å². The van der Waals surface area contributed by atoms with Gasteiger partial charge in [-0.15, -0.1) is 0 Å². The van der Waals surface area contributed by atoms with Crippen LogP contribution >= 0.6 is 12.2 Å². The molecule has 2 aromatic rings. The van der Waals surface area contributed by atoms with Gasteiger partial charge in [0.05, 0.1) is 0 Å². The number of hydrogen-bond acceptors (Lipinski definition) is 3. The molecule has 102 valence electrons. The number of hydrogen-bond donors (Lipinski definition) is 4. The van der Waals surface area contributed by atoms with Gasteiger partial charge in [0.1, 0.15) is 5.65 Å². The second-order valence-electron chi connectivity index (χ2n) is 4.32. The van der Waals surface area contributed by atoms with Gasteiger partial charge in [0.25, 0.3) is 0 Å². The number of thiocarbonyl (C=S) groups is 1. The lowest BCUT2D eigenvalue weighted by atomic mass is 10.2. The number of rotatable bonds is 6. The highest BCUT2D eigenvalue weighted by molar-refractivity contribution is 7.80. The van der Waals surface area contributed by atoms with Crippen LogP contribution in [0.25, 0.3) is 11.0 Å². The largest absolute Gasteiger partial charge is 0.363 e. The van der Waals surface area contributed by atoms with Gasteiger partial charge < -0.3 is 21.4 Å². The van der Waals surface area contributed by atoms with Crippen molar-refractivity contribution in [3.05, 3.63) is 30.1 Å². The predicted molar refractivity (Wildman–Crippen MR) is 81.8 cm³/mol. The van der Waals surface area contributed by atoms with Crippen LogP contribution in [0.15, 0.2) is 24.5 Å². The van der Waals surface area contributed by atoms with Crippen LogP contribution in [0.1, 0.15) is 18.4 Å². The van der Waals surface area contributed by atoms with Crippen molar-refractivity contribution in [2.24, 2.45) is 5.73 Å². The topological polar surface area (TPSA) is 78.8 Å². The van der Waals surface area contributed by atoms with Crippen LogP contribution in [0.3, 0.4) is 0 Å². The van der Waals surface area contributed by atoms with E-state index < -0.39 is 0 Å². The molecule has 0 radical (unpaired) electrons. The van der Waals surface area contributed by atoms with E-state index in [2.05, 4.69) is 20.6 Å². The third-order valence-corrected chi connectivity index (χ3v) is 3.20. The minimum Gasteiger partial charge on any atom is -0.363 e. The van der Waals surface area contributed by atoms with E-state index in [0.29, 0.717) is 11.7 Å². The lowest BCUT2D eigenvalue weighted by Gasteiger charge is -2.10. The molecule has 2 aromatic heterocycles. The second kappa shape index (κ2) is 7.06. The maximum Gasteiger partial charge on any atom is 0.166 e. The zero-order valence-corrected chi connectivity index (χ0v) is 11.6. The van der Waals surface area contributed by atoms with E-state index in [1.807, 2.05) is 18.3 Å². The molecule has 0 aliphatic heterocycles. The van der Waals surface area contributed by atoms with Gasteiger partial charge in [0.15, 0.2) is 5.11 Å². The summed E-state index contributed by atoms with van der Waals surface area (Å²) in [5.74, 6) is 0. The van der Waals surface area contributed by atoms with Crippen molar-refractivity contribution in [2.45, 2.75) is 19.4 Å². The summed E-state index contributed by atoms with van der Waals surface area (Å²) in [6.07, 6.45) is 5.75. The van der Waals surface area contributed by atoms with E-state index in [1.54, 1.807) is 6.20 Å². The molecule has 0 fully saturated rings. The van der Waals surface area contributed by atoms with E-state index >= 15 is 0 Å². The van der Waals surface area contributed by atoms with E-state index in [9.17, 15) is 0 Å². The molecule has 0 unspecified atom stereocenters. The molecule has 0 saturated carbocycles. The predicted octanol–water partition coefficient (Wildman–Crippen LogP) is 1.27. The summed E-state index contributed by atoms with van der Waals surface area (Å²) in [5.41, 5.74) is 7.52. The zero-order chi connectivity index (χ0) is 13.5. The molecule has 0 spiro atoms. The van der Waals surface area contributed by atoms with Crippen LogP contribution in [0.4, 0.5) is 0 Å². The monoisotopic (exact) mass is 277 g/mol. The second-order valence-corrected chi connectivity index (χ2v) is 4.72. The fourth-order valence-electron chi connectivity index (χ4n) is 1.88. The molecule has 2 heterocycles. The van der Waals surface area contributed by atoms with Gasteiger partial charge in [-0.3, -0.25) is 0 Å². The normalized spacial score (nSPS) is 10.6. The lowest BCUT2D eigenvalue weighted by molar-refractivity contribution is 0.708. The van der Waals surface area contributed by atoms with Gasteiger partial charge in [-0.1, -0.05) is 0 Å². The summed E-state index contributed by atoms with van der Waals surface area (Å²) in [4.78, 5) is 7.35. The Morgan fingerprint density at radius 2 is 2.21 bits per heavy atom. The number of fused-ring (bicyclic) bond motifs is 1. The first-order valence-corrected chi connectivity index (χ1v) is 6.85. The van der Waals surface area contributed by atoms with Gasteiger partial charge in [0.2, 0.25) is 0 Å². The third kappa shape index (κ3) is 3.90. The van der Waals surface area contributed by atoms with Crippen molar-refractivity contribution in [2.75, 3.05) is 13.1 Å². The minimum atomic E-state index is 0.678. The molecule has 0 aliphatic carbocycles. The third-order valence-electron chi connectivity index (χ3n) is 2.91. The summed E-state index contributed by atoms with van der Waals surface area (Å²) in [5, 5.41) is 8.18. The van der Waals surface area contributed by atoms with Crippen molar-refractivity contribution < 1.29 is 0 Å². The van der Waals surface area contributed by atoms with Crippen molar-refractivity contribution in [1.29, 1.82) is 0 Å². The van der Waals surface area contributed by atoms with Crippen LogP contribution < -0.4 is 16.4 Å². The first-order chi connectivity index (χ1) is 9.31. The summed E-state index contributed by atoms with van der Waals surface area (Å²) in [6, 6.07) is 4.03. The Hall–Kier alpha value is -1.66. The van der Waals surface area contributed by atoms with Crippen LogP contribution in [0.5, 0.6) is 0 Å². The Labute approximate surface area is 118 Å². The Balaban J connectivity index is 1.82. The van der Waals surface area contributed by atoms with E-state index in [1.165, 1.54) is 5.56 Å². The minimum absolute atomic E-state index is 0.678. The molecular formula is C13H19N5S. The Morgan fingerprint density at radius 1 is 1.32 bits per heavy atom. The number of H-pyrrole nitrogens is 1. The highest BCUT2D eigenvalue weighted by atomic mass is 32.1. The van der Waals surface area contributed by atoms with Gasteiger partial charge in [-0.2, -0.15) is 0 Å². The Bertz CT molecular complexity index is 537. The van der Waals surface area contributed by atoms with Crippen molar-refractivity contribution in [3.63, 3.8) is 0 Å². The first-order valence-electron chi connectivity index (χ1n) is 6.44. The van der Waals surface area contributed by atoms with E-state index in [0.717, 1.165) is 37.0 Å².